The van der Waals surface area contributed by atoms with Gasteiger partial charge in [-0.05, 0) is 37.5 Å². The van der Waals surface area contributed by atoms with Gasteiger partial charge in [0.15, 0.2) is 0 Å². The number of hydrogen-bond donors (Lipinski definition) is 1. The second kappa shape index (κ2) is 5.82. The van der Waals surface area contributed by atoms with Crippen molar-refractivity contribution in [3.8, 4) is 0 Å². The van der Waals surface area contributed by atoms with Crippen LogP contribution in [0.25, 0.3) is 0 Å². The van der Waals surface area contributed by atoms with Crippen LogP contribution in [0.2, 0.25) is 0 Å². The topological polar surface area (TPSA) is 32.3 Å². The van der Waals surface area contributed by atoms with Crippen molar-refractivity contribution in [2.75, 3.05) is 0 Å². The van der Waals surface area contributed by atoms with Crippen LogP contribution >= 0.6 is 0 Å². The molecule has 5 atom stereocenters. The Morgan fingerprint density at radius 1 is 1.26 bits per heavy atom. The number of nitrogens with one attached hydrogen (secondary N) is 1. The van der Waals surface area contributed by atoms with E-state index in [1.165, 1.54) is 19.3 Å². The maximum Gasteiger partial charge on any atom is 0.241 e. The first-order valence-corrected chi connectivity index (χ1v) is 8.00. The highest BCUT2D eigenvalue weighted by atomic mass is 16.2. The summed E-state index contributed by atoms with van der Waals surface area (Å²) in [6, 6.07) is 0.482. The molecule has 1 N–H and O–H groups in total. The molecule has 1 saturated heterocycles. The van der Waals surface area contributed by atoms with Crippen LogP contribution in [0.3, 0.4) is 0 Å². The fraction of sp³-hybridized carbons (Fsp3) is 0.938. The lowest BCUT2D eigenvalue weighted by molar-refractivity contribution is -0.134. The van der Waals surface area contributed by atoms with Crippen molar-refractivity contribution < 1.29 is 4.79 Å². The molecule has 19 heavy (non-hydrogen) atoms. The van der Waals surface area contributed by atoms with Crippen LogP contribution < -0.4 is 5.32 Å². The summed E-state index contributed by atoms with van der Waals surface area (Å²) in [6.45, 7) is 11.2. The maximum absolute atomic E-state index is 12.7. The van der Waals surface area contributed by atoms with Crippen LogP contribution in [-0.4, -0.2) is 29.1 Å². The van der Waals surface area contributed by atoms with Gasteiger partial charge < -0.3 is 4.90 Å². The average molecular weight is 266 g/mol. The number of rotatable bonds is 3. The van der Waals surface area contributed by atoms with Gasteiger partial charge in [-0.25, -0.2) is 0 Å². The summed E-state index contributed by atoms with van der Waals surface area (Å²) in [4.78, 5) is 14.8. The van der Waals surface area contributed by atoms with E-state index in [1.807, 2.05) is 0 Å². The first kappa shape index (κ1) is 14.8. The summed E-state index contributed by atoms with van der Waals surface area (Å²) in [5.41, 5.74) is 0. The molecule has 0 aromatic rings. The molecule has 1 aliphatic carbocycles. The quantitative estimate of drug-likeness (QED) is 0.851. The molecular weight excluding hydrogens is 236 g/mol. The van der Waals surface area contributed by atoms with Crippen molar-refractivity contribution in [3.05, 3.63) is 0 Å². The Morgan fingerprint density at radius 2 is 1.95 bits per heavy atom. The Hall–Kier alpha value is -0.570. The van der Waals surface area contributed by atoms with E-state index in [0.29, 0.717) is 23.8 Å². The van der Waals surface area contributed by atoms with E-state index in [2.05, 4.69) is 44.8 Å². The minimum atomic E-state index is 0.0411. The Balaban J connectivity index is 2.09. The maximum atomic E-state index is 12.7. The lowest BCUT2D eigenvalue weighted by Gasteiger charge is -2.41. The first-order chi connectivity index (χ1) is 8.91. The van der Waals surface area contributed by atoms with E-state index in [4.69, 9.17) is 0 Å². The molecule has 3 nitrogen and oxygen atoms in total. The first-order valence-electron chi connectivity index (χ1n) is 8.00. The van der Waals surface area contributed by atoms with Gasteiger partial charge >= 0.3 is 0 Å². The minimum Gasteiger partial charge on any atom is -0.323 e. The molecule has 2 rings (SSSR count). The van der Waals surface area contributed by atoms with E-state index in [9.17, 15) is 4.79 Å². The zero-order chi connectivity index (χ0) is 14.2. The van der Waals surface area contributed by atoms with E-state index >= 15 is 0 Å². The number of nitrogens with zero attached hydrogens (tertiary/aromatic N) is 1. The van der Waals surface area contributed by atoms with Gasteiger partial charge in [-0.15, -0.1) is 0 Å². The number of carbonyl (C=O) groups excluding carboxylic acids is 1. The summed E-state index contributed by atoms with van der Waals surface area (Å²) in [5.74, 6) is 2.27. The standard InChI is InChI=1S/C16H30N2O/c1-10(2)9-14-16(19)18(13(5)17-14)15-8-6-7-11(3)12(15)4/h10-15,17H,6-9H2,1-5H3. The third-order valence-corrected chi connectivity index (χ3v) is 5.14. The Morgan fingerprint density at radius 3 is 2.58 bits per heavy atom. The van der Waals surface area contributed by atoms with Crippen LogP contribution in [0.4, 0.5) is 0 Å². The van der Waals surface area contributed by atoms with Crippen molar-refractivity contribution in [2.24, 2.45) is 17.8 Å². The summed E-state index contributed by atoms with van der Waals surface area (Å²) >= 11 is 0. The molecule has 5 unspecified atom stereocenters. The van der Waals surface area contributed by atoms with E-state index in [-0.39, 0.29) is 12.2 Å². The summed E-state index contributed by atoms with van der Waals surface area (Å²) < 4.78 is 0. The fourth-order valence-electron chi connectivity index (χ4n) is 3.85. The predicted molar refractivity (Wildman–Crippen MR) is 78.7 cm³/mol. The van der Waals surface area contributed by atoms with Crippen LogP contribution in [0, 0.1) is 17.8 Å². The molecule has 1 aliphatic heterocycles. The van der Waals surface area contributed by atoms with Crippen molar-refractivity contribution in [3.63, 3.8) is 0 Å². The van der Waals surface area contributed by atoms with E-state index in [0.717, 1.165) is 12.3 Å². The molecule has 0 aromatic carbocycles. The van der Waals surface area contributed by atoms with E-state index < -0.39 is 0 Å². The van der Waals surface area contributed by atoms with E-state index in [1.54, 1.807) is 0 Å². The van der Waals surface area contributed by atoms with Crippen molar-refractivity contribution in [1.82, 2.24) is 10.2 Å². The molecule has 2 aliphatic rings. The lowest BCUT2D eigenvalue weighted by atomic mass is 9.77. The number of amides is 1. The highest BCUT2D eigenvalue weighted by Crippen LogP contribution is 2.35. The van der Waals surface area contributed by atoms with Gasteiger partial charge in [-0.3, -0.25) is 10.1 Å². The second-order valence-corrected chi connectivity index (χ2v) is 7.10. The van der Waals surface area contributed by atoms with Gasteiger partial charge in [-0.2, -0.15) is 0 Å². The molecule has 0 bridgehead atoms. The smallest absolute Gasteiger partial charge is 0.241 e. The van der Waals surface area contributed by atoms with Gasteiger partial charge in [0, 0.05) is 6.04 Å². The van der Waals surface area contributed by atoms with Gasteiger partial charge in [0.1, 0.15) is 0 Å². The zero-order valence-corrected chi connectivity index (χ0v) is 13.1. The normalized spacial score (nSPS) is 40.2. The van der Waals surface area contributed by atoms with Gasteiger partial charge in [-0.1, -0.05) is 40.5 Å². The van der Waals surface area contributed by atoms with Gasteiger partial charge in [0.05, 0.1) is 12.2 Å². The molecule has 0 spiro atoms. The molecule has 1 saturated carbocycles. The lowest BCUT2D eigenvalue weighted by Crippen LogP contribution is -2.49. The number of carbonyl (C=O) groups is 1. The minimum absolute atomic E-state index is 0.0411. The molecule has 1 heterocycles. The van der Waals surface area contributed by atoms with Crippen molar-refractivity contribution in [2.45, 2.75) is 78.6 Å². The number of hydrogen-bond acceptors (Lipinski definition) is 2. The van der Waals surface area contributed by atoms with Gasteiger partial charge in [0.2, 0.25) is 5.91 Å². The third-order valence-electron chi connectivity index (χ3n) is 5.14. The molecular formula is C16H30N2O. The molecule has 3 heteroatoms. The summed E-state index contributed by atoms with van der Waals surface area (Å²) in [5, 5.41) is 3.49. The second-order valence-electron chi connectivity index (χ2n) is 7.10. The van der Waals surface area contributed by atoms with Crippen LogP contribution in [0.15, 0.2) is 0 Å². The Bertz CT molecular complexity index is 329. The van der Waals surface area contributed by atoms with Crippen LogP contribution in [0.5, 0.6) is 0 Å². The molecule has 0 aromatic heterocycles. The molecule has 1 amide bonds. The average Bonchev–Trinajstić information content (AvgIpc) is 2.58. The molecule has 110 valence electrons. The summed E-state index contributed by atoms with van der Waals surface area (Å²) in [7, 11) is 0. The van der Waals surface area contributed by atoms with Crippen molar-refractivity contribution >= 4 is 5.91 Å². The predicted octanol–water partition coefficient (Wildman–Crippen LogP) is 3.00. The highest BCUT2D eigenvalue weighted by molar-refractivity contribution is 5.84. The third kappa shape index (κ3) is 2.96. The monoisotopic (exact) mass is 266 g/mol. The Kier molecular flexibility index (Phi) is 4.54. The summed E-state index contributed by atoms with van der Waals surface area (Å²) in [6.07, 6.45) is 4.92. The van der Waals surface area contributed by atoms with Crippen LogP contribution in [-0.2, 0) is 4.79 Å². The Labute approximate surface area is 118 Å². The van der Waals surface area contributed by atoms with Gasteiger partial charge in [0.25, 0.3) is 0 Å². The molecule has 2 fully saturated rings. The zero-order valence-electron chi connectivity index (χ0n) is 13.1. The SMILES string of the molecule is CC(C)CC1NC(C)N(C2CCCC(C)C2C)C1=O. The highest BCUT2D eigenvalue weighted by Gasteiger charge is 2.43. The molecule has 0 radical (unpaired) electrons. The van der Waals surface area contributed by atoms with Crippen molar-refractivity contribution in [1.29, 1.82) is 0 Å². The largest absolute Gasteiger partial charge is 0.323 e. The fourth-order valence-corrected chi connectivity index (χ4v) is 3.85. The van der Waals surface area contributed by atoms with Crippen LogP contribution in [0.1, 0.15) is 60.3 Å².